The lowest BCUT2D eigenvalue weighted by atomic mass is 10.0. The summed E-state index contributed by atoms with van der Waals surface area (Å²) in [6, 6.07) is 17.6. The first-order chi connectivity index (χ1) is 15.5. The van der Waals surface area contributed by atoms with Gasteiger partial charge in [-0.2, -0.15) is 0 Å². The molecular weight excluding hydrogens is 408 g/mol. The second-order valence-corrected chi connectivity index (χ2v) is 7.54. The first-order valence-corrected chi connectivity index (χ1v) is 10.5. The molecule has 1 radical (unpaired) electrons. The average Bonchev–Trinajstić information content (AvgIpc) is 3.19. The van der Waals surface area contributed by atoms with Crippen molar-refractivity contribution in [2.45, 2.75) is 19.4 Å². The number of hydrogen-bond acceptors (Lipinski definition) is 5. The lowest BCUT2D eigenvalue weighted by Gasteiger charge is -2.24. The van der Waals surface area contributed by atoms with Crippen LogP contribution in [0.2, 0.25) is 0 Å². The van der Waals surface area contributed by atoms with Crippen molar-refractivity contribution in [2.75, 3.05) is 20.2 Å². The normalized spacial score (nSPS) is 12.4. The number of benzene rings is 3. The van der Waals surface area contributed by atoms with Crippen molar-refractivity contribution >= 4 is 27.6 Å². The van der Waals surface area contributed by atoms with Crippen molar-refractivity contribution in [2.24, 2.45) is 0 Å². The number of aromatic nitrogens is 1. The van der Waals surface area contributed by atoms with Crippen LogP contribution in [0.15, 0.2) is 60.7 Å². The maximum atomic E-state index is 13.0. The lowest BCUT2D eigenvalue weighted by molar-refractivity contribution is -0.0811. The minimum atomic E-state index is -0.955. The third-order valence-electron chi connectivity index (χ3n) is 5.41. The highest BCUT2D eigenvalue weighted by molar-refractivity contribution is 6.17. The van der Waals surface area contributed by atoms with E-state index in [0.717, 1.165) is 10.9 Å². The molecule has 3 aromatic carbocycles. The summed E-state index contributed by atoms with van der Waals surface area (Å²) in [5.41, 5.74) is 1.69. The number of H-pyrrole nitrogens is 1. The summed E-state index contributed by atoms with van der Waals surface area (Å²) in [5, 5.41) is 25.9. The monoisotopic (exact) mass is 433 g/mol. The molecule has 2 N–H and O–H groups in total. The minimum Gasteiger partial charge on any atom is -0.493 e. The summed E-state index contributed by atoms with van der Waals surface area (Å²) in [4.78, 5) is 22.1. The maximum Gasteiger partial charge on any atom is 0.189 e. The number of aliphatic hydroxyl groups excluding tert-OH is 1. The highest BCUT2D eigenvalue weighted by atomic mass is 16.7. The number of hydrogen-bond donors (Lipinski definition) is 2. The fraction of sp³-hybridized carbons (Fsp3) is 0.240. The SMILES string of the molecule is CCN(CC(O)CC(=O)c1ccc([O])c2c1[nH]c1ccccc12)Oc1ccccc1OC. The number of aliphatic hydroxyl groups is 1. The zero-order valence-electron chi connectivity index (χ0n) is 18.0. The van der Waals surface area contributed by atoms with Gasteiger partial charge in [0.2, 0.25) is 0 Å². The predicted molar refractivity (Wildman–Crippen MR) is 122 cm³/mol. The number of carbonyl (C=O) groups excluding carboxylic acids is 1. The Labute approximate surface area is 185 Å². The molecule has 4 rings (SSSR count). The van der Waals surface area contributed by atoms with E-state index < -0.39 is 6.10 Å². The van der Waals surface area contributed by atoms with E-state index in [1.807, 2.05) is 43.3 Å². The molecule has 0 spiro atoms. The van der Waals surface area contributed by atoms with Gasteiger partial charge in [-0.1, -0.05) is 30.3 Å². The molecule has 0 saturated carbocycles. The van der Waals surface area contributed by atoms with Gasteiger partial charge in [-0.05, 0) is 37.3 Å². The van der Waals surface area contributed by atoms with E-state index in [1.165, 1.54) is 12.1 Å². The van der Waals surface area contributed by atoms with Crippen molar-refractivity contribution < 1.29 is 24.6 Å². The van der Waals surface area contributed by atoms with E-state index in [1.54, 1.807) is 24.3 Å². The van der Waals surface area contributed by atoms with E-state index >= 15 is 0 Å². The van der Waals surface area contributed by atoms with Crippen LogP contribution in [0.3, 0.4) is 0 Å². The Morgan fingerprint density at radius 3 is 2.53 bits per heavy atom. The van der Waals surface area contributed by atoms with Gasteiger partial charge in [0.15, 0.2) is 23.0 Å². The molecule has 1 heterocycles. The summed E-state index contributed by atoms with van der Waals surface area (Å²) in [6.45, 7) is 2.53. The fourth-order valence-corrected chi connectivity index (χ4v) is 3.85. The smallest absolute Gasteiger partial charge is 0.189 e. The molecule has 0 aliphatic heterocycles. The lowest BCUT2D eigenvalue weighted by Crippen LogP contribution is -2.36. The number of nitrogens with one attached hydrogen (secondary N) is 1. The molecule has 1 unspecified atom stereocenters. The first kappa shape index (κ1) is 21.7. The summed E-state index contributed by atoms with van der Waals surface area (Å²) in [7, 11) is 1.56. The molecular formula is C25H25N2O5. The molecule has 0 saturated heterocycles. The summed E-state index contributed by atoms with van der Waals surface area (Å²) < 4.78 is 5.30. The fourth-order valence-electron chi connectivity index (χ4n) is 3.85. The molecule has 165 valence electrons. The summed E-state index contributed by atoms with van der Waals surface area (Å²) in [6.07, 6.45) is -1.06. The number of ether oxygens (including phenoxy) is 1. The van der Waals surface area contributed by atoms with Crippen LogP contribution >= 0.6 is 0 Å². The van der Waals surface area contributed by atoms with E-state index in [4.69, 9.17) is 9.57 Å². The highest BCUT2D eigenvalue weighted by Gasteiger charge is 2.22. The zero-order chi connectivity index (χ0) is 22.7. The molecule has 0 bridgehead atoms. The van der Waals surface area contributed by atoms with Crippen LogP contribution in [0.25, 0.3) is 21.8 Å². The Hall–Kier alpha value is -3.55. The van der Waals surface area contributed by atoms with Gasteiger partial charge in [0, 0.05) is 29.4 Å². The topological polar surface area (TPSA) is 94.7 Å². The van der Waals surface area contributed by atoms with E-state index in [2.05, 4.69) is 4.98 Å². The Balaban J connectivity index is 1.51. The number of carbonyl (C=O) groups is 1. The van der Waals surface area contributed by atoms with Gasteiger partial charge >= 0.3 is 0 Å². The van der Waals surface area contributed by atoms with Crippen molar-refractivity contribution in [3.8, 4) is 17.2 Å². The molecule has 1 atom stereocenters. The quantitative estimate of drug-likeness (QED) is 0.294. The maximum absolute atomic E-state index is 13.0. The molecule has 1 aromatic heterocycles. The van der Waals surface area contributed by atoms with Gasteiger partial charge in [-0.15, -0.1) is 5.06 Å². The van der Waals surface area contributed by atoms with Crippen LogP contribution < -0.4 is 9.57 Å². The van der Waals surface area contributed by atoms with Crippen LogP contribution in [0, 0.1) is 0 Å². The average molecular weight is 433 g/mol. The number of fused-ring (bicyclic) bond motifs is 3. The third-order valence-corrected chi connectivity index (χ3v) is 5.41. The molecule has 0 amide bonds. The van der Waals surface area contributed by atoms with Gasteiger partial charge in [0.05, 0.1) is 30.7 Å². The van der Waals surface area contributed by atoms with Gasteiger partial charge in [0.1, 0.15) is 0 Å². The second-order valence-electron chi connectivity index (χ2n) is 7.54. The van der Waals surface area contributed by atoms with E-state index in [9.17, 15) is 15.0 Å². The van der Waals surface area contributed by atoms with Crippen LogP contribution in [-0.2, 0) is 5.11 Å². The molecule has 7 heteroatoms. The number of Topliss-reactive ketones (excluding diaryl/α,β-unsaturated/α-hetero) is 1. The highest BCUT2D eigenvalue weighted by Crippen LogP contribution is 2.35. The van der Waals surface area contributed by atoms with Gasteiger partial charge in [0.25, 0.3) is 0 Å². The largest absolute Gasteiger partial charge is 0.493 e. The third kappa shape index (κ3) is 4.26. The van der Waals surface area contributed by atoms with Crippen LogP contribution in [0.4, 0.5) is 0 Å². The van der Waals surface area contributed by atoms with Crippen molar-refractivity contribution in [1.29, 1.82) is 0 Å². The number of likely N-dealkylation sites (N-methyl/N-ethyl adjacent to an activating group) is 1. The van der Waals surface area contributed by atoms with Gasteiger partial charge in [-0.25, -0.2) is 0 Å². The second kappa shape index (κ2) is 9.30. The van der Waals surface area contributed by atoms with Crippen LogP contribution in [0.1, 0.15) is 23.7 Å². The first-order valence-electron chi connectivity index (χ1n) is 10.5. The van der Waals surface area contributed by atoms with Gasteiger partial charge < -0.3 is 19.7 Å². The number of hydroxylamine groups is 2. The van der Waals surface area contributed by atoms with Crippen LogP contribution in [-0.4, -0.2) is 47.2 Å². The summed E-state index contributed by atoms with van der Waals surface area (Å²) >= 11 is 0. The van der Waals surface area contributed by atoms with E-state index in [0.29, 0.717) is 34.5 Å². The minimum absolute atomic E-state index is 0.103. The number of rotatable bonds is 9. The summed E-state index contributed by atoms with van der Waals surface area (Å²) in [5.74, 6) is 0.718. The number of nitrogens with zero attached hydrogens (tertiary/aromatic N) is 1. The van der Waals surface area contributed by atoms with Crippen molar-refractivity contribution in [3.63, 3.8) is 0 Å². The Bertz CT molecular complexity index is 1250. The molecule has 0 aliphatic rings. The van der Waals surface area contributed by atoms with E-state index in [-0.39, 0.29) is 24.5 Å². The Morgan fingerprint density at radius 1 is 1.06 bits per heavy atom. The van der Waals surface area contributed by atoms with Gasteiger partial charge in [-0.3, -0.25) is 9.90 Å². The molecule has 4 aromatic rings. The molecule has 7 nitrogen and oxygen atoms in total. The predicted octanol–water partition coefficient (Wildman–Crippen LogP) is 4.72. The number of ketones is 1. The van der Waals surface area contributed by atoms with Crippen LogP contribution in [0.5, 0.6) is 17.2 Å². The molecule has 0 aliphatic carbocycles. The Kier molecular flexibility index (Phi) is 6.30. The number of para-hydroxylation sites is 3. The molecule has 32 heavy (non-hydrogen) atoms. The standard InChI is InChI=1S/C25H25N2O5/c1-3-27(32-23-11-7-6-10-22(23)31-2)15-16(28)14-21(30)18-12-13-20(29)24-17-8-4-5-9-19(17)26-25(18)24/h4-13,16,26,28H,3,14-15H2,1-2H3. The Morgan fingerprint density at radius 2 is 1.78 bits per heavy atom. The number of methoxy groups -OCH3 is 1. The number of aromatic amines is 1. The van der Waals surface area contributed by atoms with Crippen molar-refractivity contribution in [1.82, 2.24) is 10.0 Å². The van der Waals surface area contributed by atoms with Crippen molar-refractivity contribution in [3.05, 3.63) is 66.2 Å². The molecule has 0 fully saturated rings. The zero-order valence-corrected chi connectivity index (χ0v) is 18.0.